The number of guanidine groups is 1. The van der Waals surface area contributed by atoms with Gasteiger partial charge < -0.3 is 20.7 Å². The summed E-state index contributed by atoms with van der Waals surface area (Å²) >= 11 is 0. The van der Waals surface area contributed by atoms with Crippen molar-refractivity contribution in [2.45, 2.75) is 39.2 Å². The Morgan fingerprint density at radius 1 is 1.23 bits per heavy atom. The van der Waals surface area contributed by atoms with Crippen LogP contribution in [0.3, 0.4) is 0 Å². The van der Waals surface area contributed by atoms with E-state index in [-0.39, 0.29) is 30.2 Å². The number of nitrogens with one attached hydrogen (secondary N) is 5. The van der Waals surface area contributed by atoms with Gasteiger partial charge >= 0.3 is 0 Å². The molecule has 1 rings (SSSR count). The maximum absolute atomic E-state index is 13.9. The molecule has 12 heteroatoms. The topological polar surface area (TPSA) is 158 Å². The Morgan fingerprint density at radius 2 is 1.94 bits per heavy atom. The van der Waals surface area contributed by atoms with E-state index in [1.54, 1.807) is 5.43 Å². The number of halogens is 1. The number of carbonyl (C=O) groups excluding carboxylic acids is 2. The van der Waals surface area contributed by atoms with Gasteiger partial charge in [-0.15, -0.1) is 0 Å². The van der Waals surface area contributed by atoms with Gasteiger partial charge in [0.15, 0.2) is 16.6 Å². The summed E-state index contributed by atoms with van der Waals surface area (Å²) < 4.78 is 18.7. The van der Waals surface area contributed by atoms with Gasteiger partial charge in [-0.3, -0.25) is 15.0 Å². The molecule has 5 N–H and O–H groups in total. The van der Waals surface area contributed by atoms with E-state index in [0.717, 1.165) is 12.5 Å². The number of carbonyl (C=O) groups is 2. The summed E-state index contributed by atoms with van der Waals surface area (Å²) in [6.07, 6.45) is 1.30. The van der Waals surface area contributed by atoms with E-state index in [0.29, 0.717) is 18.9 Å². The SMILES string of the molecule is COc1ccc(C(=O)N[C@@H](CCCNC(=N)N[N+](=O)[O-])C(=O)NCCC(C)C)cc1F. The molecule has 1 atom stereocenters. The Kier molecular flexibility index (Phi) is 10.7. The van der Waals surface area contributed by atoms with Crippen LogP contribution in [0.5, 0.6) is 5.75 Å². The number of rotatable bonds is 12. The number of hydrogen-bond donors (Lipinski definition) is 5. The first kappa shape index (κ1) is 25.6. The fraction of sp³-hybridized carbons (Fsp3) is 0.526. The number of hydrogen-bond acceptors (Lipinski definition) is 6. The van der Waals surface area contributed by atoms with E-state index in [4.69, 9.17) is 10.1 Å². The third kappa shape index (κ3) is 9.74. The summed E-state index contributed by atoms with van der Waals surface area (Å²) in [6, 6.07) is 2.83. The monoisotopic (exact) mass is 440 g/mol. The van der Waals surface area contributed by atoms with Gasteiger partial charge in [0.05, 0.1) is 7.11 Å². The van der Waals surface area contributed by atoms with Gasteiger partial charge in [-0.2, -0.15) is 0 Å². The minimum atomic E-state index is -0.899. The van der Waals surface area contributed by atoms with Gasteiger partial charge in [0.25, 0.3) is 11.9 Å². The lowest BCUT2D eigenvalue weighted by molar-refractivity contribution is -0.525. The number of nitro groups is 1. The predicted octanol–water partition coefficient (Wildman–Crippen LogP) is 1.18. The predicted molar refractivity (Wildman–Crippen MR) is 112 cm³/mol. The van der Waals surface area contributed by atoms with Gasteiger partial charge in [-0.1, -0.05) is 19.3 Å². The normalized spacial score (nSPS) is 11.4. The minimum Gasteiger partial charge on any atom is -0.494 e. The Balaban J connectivity index is 2.73. The number of ether oxygens (including phenoxy) is 1. The fourth-order valence-electron chi connectivity index (χ4n) is 2.58. The zero-order valence-electron chi connectivity index (χ0n) is 17.8. The molecule has 0 radical (unpaired) electrons. The highest BCUT2D eigenvalue weighted by Gasteiger charge is 2.22. The van der Waals surface area contributed by atoms with Crippen LogP contribution in [0.4, 0.5) is 4.39 Å². The van der Waals surface area contributed by atoms with Crippen LogP contribution in [-0.2, 0) is 4.79 Å². The largest absolute Gasteiger partial charge is 0.494 e. The van der Waals surface area contributed by atoms with Gasteiger partial charge in [-0.25, -0.2) is 14.5 Å². The molecule has 172 valence electrons. The number of hydrazine groups is 1. The van der Waals surface area contributed by atoms with Crippen molar-refractivity contribution in [3.8, 4) is 5.75 Å². The van der Waals surface area contributed by atoms with Crippen molar-refractivity contribution in [1.29, 1.82) is 5.41 Å². The summed E-state index contributed by atoms with van der Waals surface area (Å²) in [5.74, 6) is -1.81. The van der Waals surface area contributed by atoms with Crippen molar-refractivity contribution in [3.05, 3.63) is 39.7 Å². The molecule has 0 aliphatic rings. The molecule has 31 heavy (non-hydrogen) atoms. The lowest BCUT2D eigenvalue weighted by atomic mass is 10.1. The number of benzene rings is 1. The lowest BCUT2D eigenvalue weighted by Crippen LogP contribution is -2.47. The molecule has 0 fully saturated rings. The second-order valence-corrected chi connectivity index (χ2v) is 7.16. The highest BCUT2D eigenvalue weighted by Crippen LogP contribution is 2.17. The molecular formula is C19H29FN6O5. The Labute approximate surface area is 179 Å². The first-order valence-corrected chi connectivity index (χ1v) is 9.79. The average molecular weight is 440 g/mol. The molecule has 2 amide bonds. The summed E-state index contributed by atoms with van der Waals surface area (Å²) in [4.78, 5) is 35.4. The summed E-state index contributed by atoms with van der Waals surface area (Å²) in [5, 5.41) is 24.6. The molecule has 0 saturated heterocycles. The van der Waals surface area contributed by atoms with Gasteiger partial charge in [0.1, 0.15) is 6.04 Å². The zero-order valence-corrected chi connectivity index (χ0v) is 17.8. The third-order valence-electron chi connectivity index (χ3n) is 4.23. The molecule has 0 aromatic heterocycles. The molecule has 0 unspecified atom stereocenters. The van der Waals surface area contributed by atoms with Crippen LogP contribution < -0.4 is 26.1 Å². The number of nitrogens with zero attached hydrogens (tertiary/aromatic N) is 1. The van der Waals surface area contributed by atoms with Crippen LogP contribution in [-0.4, -0.2) is 49.0 Å². The van der Waals surface area contributed by atoms with Crippen LogP contribution in [0.15, 0.2) is 18.2 Å². The van der Waals surface area contributed by atoms with Gasteiger partial charge in [0, 0.05) is 18.7 Å². The van der Waals surface area contributed by atoms with Gasteiger partial charge in [0.2, 0.25) is 5.91 Å². The molecule has 0 aliphatic heterocycles. The highest BCUT2D eigenvalue weighted by molar-refractivity contribution is 5.97. The van der Waals surface area contributed by atoms with Crippen molar-refractivity contribution in [1.82, 2.24) is 21.4 Å². The molecule has 11 nitrogen and oxygen atoms in total. The first-order chi connectivity index (χ1) is 14.6. The van der Waals surface area contributed by atoms with Crippen molar-refractivity contribution < 1.29 is 23.7 Å². The second kappa shape index (κ2) is 13.0. The molecule has 0 aliphatic carbocycles. The van der Waals surface area contributed by atoms with E-state index in [9.17, 15) is 24.1 Å². The van der Waals surface area contributed by atoms with E-state index < -0.39 is 28.8 Å². The lowest BCUT2D eigenvalue weighted by Gasteiger charge is -2.19. The quantitative estimate of drug-likeness (QED) is 0.107. The summed E-state index contributed by atoms with van der Waals surface area (Å²) in [5.41, 5.74) is 1.70. The molecule has 0 saturated carbocycles. The van der Waals surface area contributed by atoms with Crippen LogP contribution >= 0.6 is 0 Å². The maximum Gasteiger partial charge on any atom is 0.252 e. The van der Waals surface area contributed by atoms with Crippen molar-refractivity contribution in [2.24, 2.45) is 5.92 Å². The number of methoxy groups -OCH3 is 1. The van der Waals surface area contributed by atoms with Crippen molar-refractivity contribution in [3.63, 3.8) is 0 Å². The maximum atomic E-state index is 13.9. The van der Waals surface area contributed by atoms with Crippen LogP contribution in [0.25, 0.3) is 0 Å². The fourth-order valence-corrected chi connectivity index (χ4v) is 2.58. The molecule has 0 bridgehead atoms. The zero-order chi connectivity index (χ0) is 23.4. The molecule has 1 aromatic rings. The van der Waals surface area contributed by atoms with Crippen molar-refractivity contribution in [2.75, 3.05) is 20.2 Å². The summed E-state index contributed by atoms with van der Waals surface area (Å²) in [6.45, 7) is 4.64. The standard InChI is InChI=1S/C19H29FN6O5/c1-12(2)8-10-22-18(28)15(5-4-9-23-19(21)25-26(29)30)24-17(27)13-6-7-16(31-3)14(20)11-13/h6-7,11-12,15H,4-5,8-10H2,1-3H3,(H,22,28)(H,24,27)(H3,21,23,25)/t15-/m0/s1. The first-order valence-electron chi connectivity index (χ1n) is 9.79. The van der Waals surface area contributed by atoms with Gasteiger partial charge in [-0.05, 0) is 43.4 Å². The Hall–Kier alpha value is -3.44. The molecule has 0 spiro atoms. The smallest absolute Gasteiger partial charge is 0.252 e. The Bertz CT molecular complexity index is 789. The van der Waals surface area contributed by atoms with Crippen LogP contribution in [0, 0.1) is 27.3 Å². The van der Waals surface area contributed by atoms with Crippen molar-refractivity contribution >= 4 is 17.8 Å². The van der Waals surface area contributed by atoms with Crippen LogP contribution in [0.1, 0.15) is 43.5 Å². The highest BCUT2D eigenvalue weighted by atomic mass is 19.1. The molecule has 0 heterocycles. The molecule has 1 aromatic carbocycles. The third-order valence-corrected chi connectivity index (χ3v) is 4.23. The van der Waals surface area contributed by atoms with E-state index >= 15 is 0 Å². The Morgan fingerprint density at radius 3 is 2.52 bits per heavy atom. The van der Waals surface area contributed by atoms with E-state index in [1.807, 2.05) is 13.8 Å². The minimum absolute atomic E-state index is 0.00335. The summed E-state index contributed by atoms with van der Waals surface area (Å²) in [7, 11) is 1.31. The number of amides is 2. The average Bonchev–Trinajstić information content (AvgIpc) is 2.69. The van der Waals surface area contributed by atoms with Crippen LogP contribution in [0.2, 0.25) is 0 Å². The van der Waals surface area contributed by atoms with E-state index in [2.05, 4.69) is 16.0 Å². The van der Waals surface area contributed by atoms with E-state index in [1.165, 1.54) is 19.2 Å². The second-order valence-electron chi connectivity index (χ2n) is 7.16. The molecular weight excluding hydrogens is 411 g/mol.